The third-order valence-corrected chi connectivity index (χ3v) is 3.61. The fourth-order valence-electron chi connectivity index (χ4n) is 2.06. The number of rotatable bonds is 4. The maximum Gasteiger partial charge on any atom is 0.171 e. The van der Waals surface area contributed by atoms with Gasteiger partial charge in [-0.05, 0) is 36.7 Å². The van der Waals surface area contributed by atoms with E-state index in [-0.39, 0.29) is 0 Å². The van der Waals surface area contributed by atoms with Crippen LogP contribution in [0.4, 0.5) is 5.69 Å². The van der Waals surface area contributed by atoms with Crippen LogP contribution < -0.4 is 16.0 Å². The van der Waals surface area contributed by atoms with Crippen LogP contribution in [0.3, 0.4) is 0 Å². The Balaban J connectivity index is 1.74. The smallest absolute Gasteiger partial charge is 0.171 e. The molecular weight excluding hydrogens is 254 g/mol. The molecule has 0 bridgehead atoms. The van der Waals surface area contributed by atoms with Crippen molar-refractivity contribution >= 4 is 23.0 Å². The summed E-state index contributed by atoms with van der Waals surface area (Å²) in [6.07, 6.45) is 4.67. The Morgan fingerprint density at radius 3 is 2.79 bits per heavy atom. The van der Waals surface area contributed by atoms with Gasteiger partial charge < -0.3 is 16.0 Å². The minimum atomic E-state index is 0.659. The van der Waals surface area contributed by atoms with E-state index in [4.69, 9.17) is 12.2 Å². The van der Waals surface area contributed by atoms with Gasteiger partial charge in [0.1, 0.15) is 0 Å². The molecule has 0 unspecified atom stereocenters. The van der Waals surface area contributed by atoms with Gasteiger partial charge in [0, 0.05) is 17.9 Å². The van der Waals surface area contributed by atoms with Gasteiger partial charge in [0.2, 0.25) is 0 Å². The van der Waals surface area contributed by atoms with Gasteiger partial charge in [0.25, 0.3) is 0 Å². The molecular formula is C15H21N3S. The summed E-state index contributed by atoms with van der Waals surface area (Å²) in [4.78, 5) is 0. The van der Waals surface area contributed by atoms with E-state index < -0.39 is 0 Å². The van der Waals surface area contributed by atoms with Crippen molar-refractivity contribution in [1.29, 1.82) is 0 Å². The Morgan fingerprint density at radius 2 is 2.16 bits per heavy atom. The molecule has 19 heavy (non-hydrogen) atoms. The molecule has 0 radical (unpaired) electrons. The predicted octanol–water partition coefficient (Wildman–Crippen LogP) is 2.88. The van der Waals surface area contributed by atoms with Crippen LogP contribution in [0.15, 0.2) is 42.1 Å². The zero-order valence-corrected chi connectivity index (χ0v) is 12.1. The van der Waals surface area contributed by atoms with Gasteiger partial charge in [-0.1, -0.05) is 37.6 Å². The maximum atomic E-state index is 5.27. The highest BCUT2D eigenvalue weighted by molar-refractivity contribution is 7.80. The van der Waals surface area contributed by atoms with Crippen LogP contribution in [0.1, 0.15) is 19.8 Å². The minimum absolute atomic E-state index is 0.659. The molecule has 102 valence electrons. The van der Waals surface area contributed by atoms with Crippen LogP contribution >= 0.6 is 12.2 Å². The van der Waals surface area contributed by atoms with E-state index in [2.05, 4.69) is 29.0 Å². The van der Waals surface area contributed by atoms with Crippen LogP contribution in [-0.2, 0) is 0 Å². The van der Waals surface area contributed by atoms with Crippen LogP contribution in [0, 0.1) is 5.92 Å². The highest BCUT2D eigenvalue weighted by Crippen LogP contribution is 2.13. The van der Waals surface area contributed by atoms with Crippen molar-refractivity contribution in [2.75, 3.05) is 18.4 Å². The molecule has 0 amide bonds. The lowest BCUT2D eigenvalue weighted by Gasteiger charge is -2.23. The molecule has 1 heterocycles. The summed E-state index contributed by atoms with van der Waals surface area (Å²) in [6, 6.07) is 9.96. The van der Waals surface area contributed by atoms with E-state index in [0.29, 0.717) is 5.11 Å². The van der Waals surface area contributed by atoms with Crippen LogP contribution in [0.2, 0.25) is 0 Å². The quantitative estimate of drug-likeness (QED) is 0.739. The van der Waals surface area contributed by atoms with Crippen molar-refractivity contribution in [3.8, 4) is 0 Å². The molecule has 1 aromatic carbocycles. The van der Waals surface area contributed by atoms with Gasteiger partial charge in [-0.3, -0.25) is 0 Å². The largest absolute Gasteiger partial charge is 0.387 e. The summed E-state index contributed by atoms with van der Waals surface area (Å²) in [7, 11) is 0. The Labute approximate surface area is 120 Å². The second-order valence-electron chi connectivity index (χ2n) is 4.79. The average molecular weight is 275 g/mol. The zero-order valence-electron chi connectivity index (χ0n) is 11.3. The summed E-state index contributed by atoms with van der Waals surface area (Å²) in [5.74, 6) is 0.776. The lowest BCUT2D eigenvalue weighted by Crippen LogP contribution is -2.36. The van der Waals surface area contributed by atoms with E-state index >= 15 is 0 Å². The van der Waals surface area contributed by atoms with Gasteiger partial charge in [-0.25, -0.2) is 0 Å². The van der Waals surface area contributed by atoms with Crippen LogP contribution in [0.5, 0.6) is 0 Å². The Hall–Kier alpha value is -1.55. The summed E-state index contributed by atoms with van der Waals surface area (Å²) in [5.41, 5.74) is 2.25. The number of anilines is 1. The van der Waals surface area contributed by atoms with Crippen molar-refractivity contribution in [2.24, 2.45) is 5.92 Å². The highest BCUT2D eigenvalue weighted by atomic mass is 32.1. The fourth-order valence-corrected chi connectivity index (χ4v) is 2.25. The molecule has 2 rings (SSSR count). The molecule has 0 aliphatic carbocycles. The summed E-state index contributed by atoms with van der Waals surface area (Å²) >= 11 is 5.27. The summed E-state index contributed by atoms with van der Waals surface area (Å²) in [5, 5.41) is 10.5. The number of allylic oxidation sites excluding steroid dienone is 1. The van der Waals surface area contributed by atoms with Gasteiger partial charge in [-0.2, -0.15) is 0 Å². The Kier molecular flexibility index (Phi) is 5.21. The molecule has 0 spiro atoms. The van der Waals surface area contributed by atoms with Crippen molar-refractivity contribution < 1.29 is 0 Å². The molecule has 3 N–H and O–H groups in total. The second kappa shape index (κ2) is 7.14. The highest BCUT2D eigenvalue weighted by Gasteiger charge is 2.11. The lowest BCUT2D eigenvalue weighted by molar-refractivity contribution is 0.463. The lowest BCUT2D eigenvalue weighted by atomic mass is 9.99. The SMILES string of the molecule is CC[C@@H]1CC=C(CNC(=S)Nc2ccccc2)NC1. The fraction of sp³-hybridized carbons (Fsp3) is 0.400. The molecule has 0 saturated heterocycles. The minimum Gasteiger partial charge on any atom is -0.387 e. The first-order valence-corrected chi connectivity index (χ1v) is 7.21. The van der Waals surface area contributed by atoms with E-state index in [1.54, 1.807) is 0 Å². The maximum absolute atomic E-state index is 5.27. The van der Waals surface area contributed by atoms with Gasteiger partial charge in [-0.15, -0.1) is 0 Å². The first-order valence-electron chi connectivity index (χ1n) is 6.80. The number of hydrogen-bond acceptors (Lipinski definition) is 2. The van der Waals surface area contributed by atoms with E-state index in [0.717, 1.165) is 24.7 Å². The number of para-hydroxylation sites is 1. The van der Waals surface area contributed by atoms with Gasteiger partial charge in [0.05, 0.1) is 6.54 Å². The first-order chi connectivity index (χ1) is 9.28. The average Bonchev–Trinajstić information content (AvgIpc) is 2.47. The molecule has 1 atom stereocenters. The Bertz CT molecular complexity index is 442. The predicted molar refractivity (Wildman–Crippen MR) is 85.1 cm³/mol. The van der Waals surface area contributed by atoms with Gasteiger partial charge in [0.15, 0.2) is 5.11 Å². The van der Waals surface area contributed by atoms with Crippen LogP contribution in [-0.4, -0.2) is 18.2 Å². The molecule has 0 saturated carbocycles. The monoisotopic (exact) mass is 275 g/mol. The first kappa shape index (κ1) is 13.9. The summed E-state index contributed by atoms with van der Waals surface area (Å²) in [6.45, 7) is 4.07. The van der Waals surface area contributed by atoms with Crippen molar-refractivity contribution in [1.82, 2.24) is 10.6 Å². The third-order valence-electron chi connectivity index (χ3n) is 3.36. The normalized spacial score (nSPS) is 18.2. The number of benzene rings is 1. The van der Waals surface area contributed by atoms with Crippen molar-refractivity contribution in [3.05, 3.63) is 42.1 Å². The van der Waals surface area contributed by atoms with Gasteiger partial charge >= 0.3 is 0 Å². The molecule has 0 fully saturated rings. The molecule has 4 heteroatoms. The molecule has 1 aromatic rings. The van der Waals surface area contributed by atoms with Crippen LogP contribution in [0.25, 0.3) is 0 Å². The summed E-state index contributed by atoms with van der Waals surface area (Å²) < 4.78 is 0. The van der Waals surface area contributed by atoms with Crippen molar-refractivity contribution in [3.63, 3.8) is 0 Å². The van der Waals surface area contributed by atoms with E-state index in [1.165, 1.54) is 18.5 Å². The molecule has 3 nitrogen and oxygen atoms in total. The number of nitrogens with one attached hydrogen (secondary N) is 3. The molecule has 1 aliphatic heterocycles. The number of thiocarbonyl (C=S) groups is 1. The third kappa shape index (κ3) is 4.56. The van der Waals surface area contributed by atoms with E-state index in [1.807, 2.05) is 30.3 Å². The zero-order chi connectivity index (χ0) is 13.5. The Morgan fingerprint density at radius 1 is 1.37 bits per heavy atom. The standard InChI is InChI=1S/C15H21N3S/c1-2-12-8-9-14(16-10-12)11-17-15(19)18-13-6-4-3-5-7-13/h3-7,9,12,16H,2,8,10-11H2,1H3,(H2,17,18,19)/t12-/m1/s1. The van der Waals surface area contributed by atoms with Crippen molar-refractivity contribution in [2.45, 2.75) is 19.8 Å². The second-order valence-corrected chi connectivity index (χ2v) is 5.20. The molecule has 0 aromatic heterocycles. The molecule has 1 aliphatic rings. The number of hydrogen-bond donors (Lipinski definition) is 3. The van der Waals surface area contributed by atoms with E-state index in [9.17, 15) is 0 Å². The topological polar surface area (TPSA) is 36.1 Å².